The van der Waals surface area contributed by atoms with Crippen molar-refractivity contribution in [2.24, 2.45) is 92.7 Å². The average molecular weight is 1180 g/mol. The van der Waals surface area contributed by atoms with Gasteiger partial charge in [0.2, 0.25) is 0 Å². The van der Waals surface area contributed by atoms with E-state index in [9.17, 15) is 23.7 Å². The van der Waals surface area contributed by atoms with Crippen molar-refractivity contribution < 1.29 is 56.2 Å². The Balaban J connectivity index is 0.771. The van der Waals surface area contributed by atoms with Crippen LogP contribution in [0.2, 0.25) is 0 Å². The first-order chi connectivity index (χ1) is 39.2. The van der Waals surface area contributed by atoms with Gasteiger partial charge in [0.1, 0.15) is 32.0 Å². The Hall–Kier alpha value is -2.53. The van der Waals surface area contributed by atoms with Gasteiger partial charge >= 0.3 is 32.1 Å². The van der Waals surface area contributed by atoms with Gasteiger partial charge in [0.25, 0.3) is 0 Å². The number of ether oxygens (including phenoxy) is 4. The summed E-state index contributed by atoms with van der Waals surface area (Å²) < 4.78 is 47.7. The van der Waals surface area contributed by atoms with Gasteiger partial charge in [-0.05, 0) is 183 Å². The van der Waals surface area contributed by atoms with E-state index in [1.165, 1.54) is 101 Å². The molecule has 0 spiro atoms. The summed E-state index contributed by atoms with van der Waals surface area (Å²) in [5, 5.41) is 0. The van der Waals surface area contributed by atoms with Crippen LogP contribution in [0, 0.1) is 92.7 Å². The predicted octanol–water partition coefficient (Wildman–Crippen LogP) is 16.0. The standard InChI is InChI=1S/C70H117NO11P/c1-46(2)16-14-18-48(5)57-24-26-59-55-22-20-50-42-52(32-36-67(50,7)61(55)34-38-69(57,59)9)80-64(73)29-28-63(72)77-44-54(45-79-83(76)78-41-40-71(11,12)13)82-66(75)31-30-65(74)81-53-33-37-68(8)51(43-53)21-23-56-60-27-25-58(49(6)19-15-17-47(3)4)70(60,10)39-35-62(56)68/h20-21,46-49,52-62,83H,14-19,22-45H2,1-13H3/q+1/t48-,49-,52?,53?,54+,55?,56?,57-,58-,59?,60?,61?,62?,67+,68+,69-,70-/m0/s1. The molecule has 0 radical (unpaired) electrons. The Morgan fingerprint density at radius 1 is 0.554 bits per heavy atom. The van der Waals surface area contributed by atoms with Crippen molar-refractivity contribution in [1.82, 2.24) is 0 Å². The molecule has 18 atom stereocenters. The van der Waals surface area contributed by atoms with Gasteiger partial charge < -0.3 is 32.5 Å². The Kier molecular flexibility index (Phi) is 22.7. The van der Waals surface area contributed by atoms with Crippen LogP contribution in [0.25, 0.3) is 0 Å². The summed E-state index contributed by atoms with van der Waals surface area (Å²) in [5.74, 6) is 6.91. The first-order valence-electron chi connectivity index (χ1n) is 34.0. The van der Waals surface area contributed by atoms with Gasteiger partial charge in [-0.3, -0.25) is 23.7 Å². The molecule has 83 heavy (non-hydrogen) atoms. The number of hydrogen-bond acceptors (Lipinski definition) is 11. The van der Waals surface area contributed by atoms with Gasteiger partial charge in [0, 0.05) is 12.8 Å². The van der Waals surface area contributed by atoms with Crippen LogP contribution in [0.4, 0.5) is 0 Å². The second kappa shape index (κ2) is 28.3. The fourth-order valence-corrected chi connectivity index (χ4v) is 20.3. The molecule has 0 aromatic heterocycles. The smallest absolute Gasteiger partial charge is 0.319 e. The Morgan fingerprint density at radius 3 is 1.47 bits per heavy atom. The summed E-state index contributed by atoms with van der Waals surface area (Å²) >= 11 is 0. The van der Waals surface area contributed by atoms with Crippen molar-refractivity contribution in [1.29, 1.82) is 0 Å². The van der Waals surface area contributed by atoms with Gasteiger partial charge in [-0.15, -0.1) is 0 Å². The molecule has 0 N–H and O–H groups in total. The summed E-state index contributed by atoms with van der Waals surface area (Å²) in [6, 6.07) is 0. The number of likely N-dealkylation sites (N-methyl/N-ethyl adjacent to an activating group) is 1. The minimum Gasteiger partial charge on any atom is -0.462 e. The molecule has 8 aliphatic rings. The lowest BCUT2D eigenvalue weighted by atomic mass is 9.47. The first kappa shape index (κ1) is 66.4. The Bertz CT molecular complexity index is 2310. The zero-order chi connectivity index (χ0) is 60.1. The van der Waals surface area contributed by atoms with E-state index in [-0.39, 0.29) is 68.5 Å². The van der Waals surface area contributed by atoms with Crippen LogP contribution in [0.5, 0.6) is 0 Å². The highest BCUT2D eigenvalue weighted by Gasteiger charge is 2.61. The molecule has 6 fully saturated rings. The molecule has 0 amide bonds. The highest BCUT2D eigenvalue weighted by molar-refractivity contribution is 7.33. The molecule has 8 rings (SSSR count). The second-order valence-corrected chi connectivity index (χ2v) is 32.6. The number of hydrogen-bond donors (Lipinski definition) is 0. The van der Waals surface area contributed by atoms with Crippen LogP contribution in [-0.2, 0) is 51.7 Å². The van der Waals surface area contributed by atoms with E-state index in [0.29, 0.717) is 33.7 Å². The Morgan fingerprint density at radius 2 is 1.01 bits per heavy atom. The molecule has 0 aromatic carbocycles. The number of quaternary nitrogens is 1. The van der Waals surface area contributed by atoms with E-state index in [2.05, 4.69) is 81.4 Å². The lowest BCUT2D eigenvalue weighted by Crippen LogP contribution is -2.51. The van der Waals surface area contributed by atoms with Crippen LogP contribution in [-0.4, -0.2) is 94.2 Å². The number of esters is 4. The third-order valence-corrected chi connectivity index (χ3v) is 25.1. The summed E-state index contributed by atoms with van der Waals surface area (Å²) in [4.78, 5) is 53.1. The van der Waals surface area contributed by atoms with Crippen LogP contribution >= 0.6 is 8.25 Å². The van der Waals surface area contributed by atoms with Crippen molar-refractivity contribution in [2.45, 2.75) is 254 Å². The number of fused-ring (bicyclic) bond motifs is 10. The third kappa shape index (κ3) is 16.0. The number of nitrogens with zero attached hydrogens (tertiary/aromatic N) is 1. The zero-order valence-electron chi connectivity index (χ0n) is 54.5. The average Bonchev–Trinajstić information content (AvgIpc) is 1.91. The molecule has 12 nitrogen and oxygen atoms in total. The lowest BCUT2D eigenvalue weighted by Gasteiger charge is -2.58. The quantitative estimate of drug-likeness (QED) is 0.0243. The summed E-state index contributed by atoms with van der Waals surface area (Å²) in [6.45, 7) is 24.8. The first-order valence-corrected chi connectivity index (χ1v) is 35.2. The second-order valence-electron chi connectivity index (χ2n) is 31.5. The minimum absolute atomic E-state index is 0.128. The normalized spacial score (nSPS) is 36.1. The van der Waals surface area contributed by atoms with Crippen molar-refractivity contribution in [3.8, 4) is 0 Å². The maximum atomic E-state index is 13.4. The SMILES string of the molecule is CC(C)CCC[C@H](C)[C@@H]1CCC2C3CC=C4CC(OC(=O)CCC(=O)OC[C@H](CO[PH](=O)OCC[N+](C)(C)C)OC(=O)CCC(=O)OC5CC[C@]6(C)C(=CCC7C6CC[C@]6(C)C7CC[C@H]6[C@@H](C)CCCC(C)C)C5)CC[C@@]4(C)C3CC[C@]21C. The molecule has 0 heterocycles. The molecule has 0 bridgehead atoms. The summed E-state index contributed by atoms with van der Waals surface area (Å²) in [7, 11) is 3.03. The van der Waals surface area contributed by atoms with Crippen molar-refractivity contribution in [3.05, 3.63) is 23.3 Å². The van der Waals surface area contributed by atoms with E-state index in [0.717, 1.165) is 111 Å². The van der Waals surface area contributed by atoms with E-state index < -0.39 is 38.2 Å². The summed E-state index contributed by atoms with van der Waals surface area (Å²) in [6.07, 6.45) is 28.9. The van der Waals surface area contributed by atoms with Crippen LogP contribution in [0.15, 0.2) is 23.3 Å². The molecule has 8 aliphatic carbocycles. The van der Waals surface area contributed by atoms with Crippen LogP contribution in [0.3, 0.4) is 0 Å². The van der Waals surface area contributed by atoms with E-state index in [1.807, 2.05) is 21.1 Å². The fourth-order valence-electron chi connectivity index (χ4n) is 19.6. The monoisotopic (exact) mass is 1180 g/mol. The van der Waals surface area contributed by atoms with Crippen LogP contribution < -0.4 is 0 Å². The maximum Gasteiger partial charge on any atom is 0.319 e. The van der Waals surface area contributed by atoms with Crippen LogP contribution in [0.1, 0.15) is 236 Å². The fraction of sp³-hybridized carbons (Fsp3) is 0.886. The maximum absolute atomic E-state index is 13.4. The third-order valence-electron chi connectivity index (χ3n) is 24.3. The van der Waals surface area contributed by atoms with E-state index in [1.54, 1.807) is 0 Å². The molecule has 0 aliphatic heterocycles. The molecule has 13 heteroatoms. The number of allylic oxidation sites excluding steroid dienone is 2. The largest absolute Gasteiger partial charge is 0.462 e. The van der Waals surface area contributed by atoms with Gasteiger partial charge in [0.15, 0.2) is 6.10 Å². The molecular weight excluding hydrogens is 1060 g/mol. The van der Waals surface area contributed by atoms with Crippen molar-refractivity contribution >= 4 is 32.1 Å². The molecule has 9 unspecified atom stereocenters. The summed E-state index contributed by atoms with van der Waals surface area (Å²) in [5.41, 5.74) is 4.04. The highest BCUT2D eigenvalue weighted by atomic mass is 31.1. The molecular formula is C70H117NO11P+. The molecule has 0 aromatic rings. The van der Waals surface area contributed by atoms with Gasteiger partial charge in [-0.25, -0.2) is 0 Å². The van der Waals surface area contributed by atoms with E-state index in [4.69, 9.17) is 28.0 Å². The highest BCUT2D eigenvalue weighted by Crippen LogP contribution is 2.69. The zero-order valence-corrected chi connectivity index (χ0v) is 55.5. The predicted molar refractivity (Wildman–Crippen MR) is 329 cm³/mol. The van der Waals surface area contributed by atoms with Gasteiger partial charge in [-0.1, -0.05) is 131 Å². The number of carbonyl (C=O) groups is 4. The van der Waals surface area contributed by atoms with Gasteiger partial charge in [-0.2, -0.15) is 0 Å². The number of carbonyl (C=O) groups excluding carboxylic acids is 4. The lowest BCUT2D eigenvalue weighted by molar-refractivity contribution is -0.870. The minimum atomic E-state index is -2.96. The molecule has 472 valence electrons. The Labute approximate surface area is 504 Å². The van der Waals surface area contributed by atoms with Gasteiger partial charge in [0.05, 0.1) is 53.4 Å². The topological polar surface area (TPSA) is 141 Å². The van der Waals surface area contributed by atoms with Crippen molar-refractivity contribution in [3.63, 3.8) is 0 Å². The number of rotatable bonds is 28. The molecule has 6 saturated carbocycles. The van der Waals surface area contributed by atoms with Crippen molar-refractivity contribution in [2.75, 3.05) is 47.5 Å². The molecule has 0 saturated heterocycles. The van der Waals surface area contributed by atoms with E-state index >= 15 is 0 Å².